The first-order chi connectivity index (χ1) is 4.74. The lowest BCUT2D eigenvalue weighted by molar-refractivity contribution is 0.478. The number of nitroso groups, excluding NO2 is 1. The van der Waals surface area contributed by atoms with Gasteiger partial charge in [-0.2, -0.15) is 0 Å². The van der Waals surface area contributed by atoms with Crippen LogP contribution >= 0.6 is 0 Å². The van der Waals surface area contributed by atoms with Crippen LogP contribution in [0.15, 0.2) is 23.4 Å². The monoisotopic (exact) mass is 138 g/mol. The first-order valence-corrected chi connectivity index (χ1v) is 2.66. The molecule has 0 saturated carbocycles. The highest BCUT2D eigenvalue weighted by molar-refractivity contribution is 5.59. The molecule has 4 nitrogen and oxygen atoms in total. The molecule has 0 unspecified atom stereocenters. The van der Waals surface area contributed by atoms with Crippen LogP contribution in [0.3, 0.4) is 0 Å². The smallest absolute Gasteiger partial charge is 0.138 e. The molecule has 1 aromatic rings. The lowest BCUT2D eigenvalue weighted by atomic mass is 10.3. The van der Waals surface area contributed by atoms with Gasteiger partial charge < -0.3 is 10.8 Å². The summed E-state index contributed by atoms with van der Waals surface area (Å²) in [5.41, 5.74) is 5.63. The maximum atomic E-state index is 9.88. The van der Waals surface area contributed by atoms with Crippen molar-refractivity contribution in [2.45, 2.75) is 0 Å². The van der Waals surface area contributed by atoms with Gasteiger partial charge in [-0.25, -0.2) is 0 Å². The Bertz CT molecular complexity index is 260. The van der Waals surface area contributed by atoms with Crippen LogP contribution in [0, 0.1) is 4.91 Å². The van der Waals surface area contributed by atoms with Crippen molar-refractivity contribution in [3.8, 4) is 5.75 Å². The van der Waals surface area contributed by atoms with Crippen molar-refractivity contribution in [1.29, 1.82) is 0 Å². The zero-order valence-corrected chi connectivity index (χ0v) is 5.11. The van der Waals surface area contributed by atoms with Gasteiger partial charge in [0.2, 0.25) is 0 Å². The molecule has 0 saturated heterocycles. The Labute approximate surface area is 57.3 Å². The maximum Gasteiger partial charge on any atom is 0.138 e. The first-order valence-electron chi connectivity index (χ1n) is 2.66. The minimum atomic E-state index is -0.0348. The van der Waals surface area contributed by atoms with Crippen LogP contribution < -0.4 is 5.73 Å². The van der Waals surface area contributed by atoms with E-state index in [0.717, 1.165) is 0 Å². The Kier molecular flexibility index (Phi) is 1.53. The largest absolute Gasteiger partial charge is 0.506 e. The number of hydrogen-bond acceptors (Lipinski definition) is 4. The molecule has 3 N–H and O–H groups in total. The quantitative estimate of drug-likeness (QED) is 0.349. The molecule has 0 spiro atoms. The third-order valence-corrected chi connectivity index (χ3v) is 1.12. The van der Waals surface area contributed by atoms with Crippen LogP contribution in [0.25, 0.3) is 0 Å². The van der Waals surface area contributed by atoms with E-state index >= 15 is 0 Å². The van der Waals surface area contributed by atoms with Gasteiger partial charge in [-0.1, -0.05) is 0 Å². The molecule has 10 heavy (non-hydrogen) atoms. The molecule has 0 atom stereocenters. The Hall–Kier alpha value is -1.58. The second-order valence-corrected chi connectivity index (χ2v) is 1.83. The fourth-order valence-electron chi connectivity index (χ4n) is 0.599. The third kappa shape index (κ3) is 1.05. The predicted molar refractivity (Wildman–Crippen MR) is 38.0 cm³/mol. The summed E-state index contributed by atoms with van der Waals surface area (Å²) in [5, 5.41) is 11.5. The van der Waals surface area contributed by atoms with Crippen molar-refractivity contribution in [3.05, 3.63) is 23.1 Å². The Morgan fingerprint density at radius 2 is 2.20 bits per heavy atom. The zero-order chi connectivity index (χ0) is 7.56. The molecular weight excluding hydrogens is 132 g/mol. The van der Waals surface area contributed by atoms with E-state index < -0.39 is 0 Å². The van der Waals surface area contributed by atoms with Gasteiger partial charge in [0.1, 0.15) is 11.4 Å². The molecule has 1 aromatic carbocycles. The third-order valence-electron chi connectivity index (χ3n) is 1.12. The summed E-state index contributed by atoms with van der Waals surface area (Å²) in [5.74, 6) is -0.0348. The fourth-order valence-corrected chi connectivity index (χ4v) is 0.599. The molecule has 4 heteroatoms. The Balaban J connectivity index is 3.16. The molecule has 0 amide bonds. The van der Waals surface area contributed by atoms with E-state index in [-0.39, 0.29) is 17.1 Å². The molecular formula is C6H6N2O2. The average Bonchev–Trinajstić information content (AvgIpc) is 1.95. The SMILES string of the molecule is Nc1cc(N=O)ccc1O. The molecule has 0 fully saturated rings. The summed E-state index contributed by atoms with van der Waals surface area (Å²) in [6.07, 6.45) is 0. The standard InChI is InChI=1S/C6H6N2O2/c7-5-3-4(8-10)1-2-6(5)9/h1-3,9H,7H2. The number of aromatic hydroxyl groups is 1. The van der Waals surface area contributed by atoms with Crippen molar-refractivity contribution in [2.75, 3.05) is 5.73 Å². The van der Waals surface area contributed by atoms with Crippen molar-refractivity contribution in [2.24, 2.45) is 5.18 Å². The summed E-state index contributed by atoms with van der Waals surface area (Å²) in [4.78, 5) is 9.88. The van der Waals surface area contributed by atoms with Crippen LogP contribution in [0.1, 0.15) is 0 Å². The van der Waals surface area contributed by atoms with Crippen molar-refractivity contribution >= 4 is 11.4 Å². The normalized spacial score (nSPS) is 9.20. The second kappa shape index (κ2) is 2.34. The summed E-state index contributed by atoms with van der Waals surface area (Å²) in [7, 11) is 0. The van der Waals surface area contributed by atoms with Gasteiger partial charge in [-0.05, 0) is 23.4 Å². The molecule has 0 aliphatic heterocycles. The van der Waals surface area contributed by atoms with Crippen LogP contribution in [0.5, 0.6) is 5.75 Å². The van der Waals surface area contributed by atoms with Crippen LogP contribution in [0.2, 0.25) is 0 Å². The number of nitrogens with zero attached hydrogens (tertiary/aromatic N) is 1. The summed E-state index contributed by atoms with van der Waals surface area (Å²) >= 11 is 0. The molecule has 0 aliphatic rings. The van der Waals surface area contributed by atoms with Gasteiger partial charge in [-0.15, -0.1) is 4.91 Å². The number of phenols is 1. The van der Waals surface area contributed by atoms with E-state index in [1.54, 1.807) is 0 Å². The minimum absolute atomic E-state index is 0.0348. The van der Waals surface area contributed by atoms with Gasteiger partial charge in [0.05, 0.1) is 5.69 Å². The van der Waals surface area contributed by atoms with E-state index in [4.69, 9.17) is 10.8 Å². The Morgan fingerprint density at radius 3 is 2.70 bits per heavy atom. The molecule has 52 valence electrons. The van der Waals surface area contributed by atoms with E-state index in [2.05, 4.69) is 5.18 Å². The van der Waals surface area contributed by atoms with Gasteiger partial charge in [0.15, 0.2) is 0 Å². The lowest BCUT2D eigenvalue weighted by Gasteiger charge is -1.95. The average molecular weight is 138 g/mol. The van der Waals surface area contributed by atoms with Crippen LogP contribution in [-0.2, 0) is 0 Å². The van der Waals surface area contributed by atoms with Gasteiger partial charge in [-0.3, -0.25) is 0 Å². The molecule has 1 rings (SSSR count). The molecule has 0 heterocycles. The number of nitrogens with two attached hydrogens (primary N) is 1. The predicted octanol–water partition coefficient (Wildman–Crippen LogP) is 1.37. The summed E-state index contributed by atoms with van der Waals surface area (Å²) in [6.45, 7) is 0. The number of phenolic OH excluding ortho intramolecular Hbond substituents is 1. The highest BCUT2D eigenvalue weighted by Gasteiger charge is 1.96. The summed E-state index contributed by atoms with van der Waals surface area (Å²) < 4.78 is 0. The minimum Gasteiger partial charge on any atom is -0.506 e. The molecule has 0 radical (unpaired) electrons. The lowest BCUT2D eigenvalue weighted by Crippen LogP contribution is -1.83. The van der Waals surface area contributed by atoms with Crippen LogP contribution in [-0.4, -0.2) is 5.11 Å². The molecule has 0 aliphatic carbocycles. The first kappa shape index (κ1) is 6.54. The molecule has 0 bridgehead atoms. The highest BCUT2D eigenvalue weighted by Crippen LogP contribution is 2.24. The van der Waals surface area contributed by atoms with E-state index in [1.165, 1.54) is 18.2 Å². The van der Waals surface area contributed by atoms with E-state index in [0.29, 0.717) is 0 Å². The number of hydrogen-bond donors (Lipinski definition) is 2. The topological polar surface area (TPSA) is 75.7 Å². The van der Waals surface area contributed by atoms with Crippen molar-refractivity contribution in [1.82, 2.24) is 0 Å². The van der Waals surface area contributed by atoms with Crippen molar-refractivity contribution in [3.63, 3.8) is 0 Å². The number of benzene rings is 1. The second-order valence-electron chi connectivity index (χ2n) is 1.83. The fraction of sp³-hybridized carbons (Fsp3) is 0. The number of nitrogen functional groups attached to an aromatic ring is 1. The number of rotatable bonds is 1. The highest BCUT2D eigenvalue weighted by atomic mass is 16.3. The van der Waals surface area contributed by atoms with Gasteiger partial charge in [0.25, 0.3) is 0 Å². The van der Waals surface area contributed by atoms with Crippen LogP contribution in [0.4, 0.5) is 11.4 Å². The maximum absolute atomic E-state index is 9.88. The summed E-state index contributed by atoms with van der Waals surface area (Å²) in [6, 6.07) is 4.02. The van der Waals surface area contributed by atoms with E-state index in [1.807, 2.05) is 0 Å². The molecule has 0 aromatic heterocycles. The Morgan fingerprint density at radius 1 is 1.50 bits per heavy atom. The van der Waals surface area contributed by atoms with E-state index in [9.17, 15) is 4.91 Å². The number of anilines is 1. The van der Waals surface area contributed by atoms with Crippen molar-refractivity contribution < 1.29 is 5.11 Å². The van der Waals surface area contributed by atoms with Gasteiger partial charge in [0, 0.05) is 0 Å². The van der Waals surface area contributed by atoms with Gasteiger partial charge >= 0.3 is 0 Å². The zero-order valence-electron chi connectivity index (χ0n) is 5.11.